The average molecular weight is 377 g/mol. The Kier molecular flexibility index (Phi) is 9.43. The number of rotatable bonds is 4. The van der Waals surface area contributed by atoms with Crippen LogP contribution in [0.4, 0.5) is 17.6 Å². The zero-order valence-electron chi connectivity index (χ0n) is 12.8. The number of hydrogen-bond donors (Lipinski definition) is 1. The van der Waals surface area contributed by atoms with Crippen molar-refractivity contribution >= 4 is 24.8 Å². The number of hydrogen-bond acceptors (Lipinski definition) is 2. The monoisotopic (exact) mass is 376 g/mol. The van der Waals surface area contributed by atoms with E-state index in [0.717, 1.165) is 45.1 Å². The zero-order valence-corrected chi connectivity index (χ0v) is 14.5. The van der Waals surface area contributed by atoms with Crippen molar-refractivity contribution in [3.8, 4) is 0 Å². The number of nitrogens with one attached hydrogen (secondary N) is 1. The summed E-state index contributed by atoms with van der Waals surface area (Å²) in [6.45, 7) is 5.21. The van der Waals surface area contributed by atoms with Crippen LogP contribution in [-0.2, 0) is 6.18 Å². The van der Waals surface area contributed by atoms with Gasteiger partial charge in [-0.05, 0) is 18.6 Å². The maximum Gasteiger partial charge on any atom is 0.416 e. The molecule has 8 heteroatoms. The number of piperazine rings is 1. The molecule has 0 aliphatic carbocycles. The van der Waals surface area contributed by atoms with Gasteiger partial charge in [-0.25, -0.2) is 4.39 Å². The van der Waals surface area contributed by atoms with E-state index in [2.05, 4.69) is 10.2 Å². The van der Waals surface area contributed by atoms with E-state index in [1.165, 1.54) is 6.07 Å². The highest BCUT2D eigenvalue weighted by molar-refractivity contribution is 5.85. The Morgan fingerprint density at radius 2 is 1.78 bits per heavy atom. The Morgan fingerprint density at radius 1 is 1.17 bits per heavy atom. The highest BCUT2D eigenvalue weighted by atomic mass is 35.5. The molecule has 0 radical (unpaired) electrons. The van der Waals surface area contributed by atoms with Crippen LogP contribution < -0.4 is 5.32 Å². The van der Waals surface area contributed by atoms with Crippen molar-refractivity contribution in [1.82, 2.24) is 10.2 Å². The van der Waals surface area contributed by atoms with Crippen LogP contribution in [-0.4, -0.2) is 31.1 Å². The molecular formula is C15H22Cl2F4N2. The second-order valence-electron chi connectivity index (χ2n) is 5.32. The molecule has 0 saturated carbocycles. The Balaban J connectivity index is 0.00000242. The maximum atomic E-state index is 14.2. The minimum absolute atomic E-state index is 0. The highest BCUT2D eigenvalue weighted by Crippen LogP contribution is 2.34. The summed E-state index contributed by atoms with van der Waals surface area (Å²) in [5, 5.41) is 3.22. The molecule has 1 heterocycles. The van der Waals surface area contributed by atoms with Crippen molar-refractivity contribution < 1.29 is 17.6 Å². The molecular weight excluding hydrogens is 355 g/mol. The lowest BCUT2D eigenvalue weighted by molar-refractivity contribution is -0.137. The van der Waals surface area contributed by atoms with Gasteiger partial charge in [0.05, 0.1) is 5.56 Å². The molecule has 1 fully saturated rings. The van der Waals surface area contributed by atoms with Crippen LogP contribution in [0.2, 0.25) is 0 Å². The summed E-state index contributed by atoms with van der Waals surface area (Å²) in [4.78, 5) is 2.14. The van der Waals surface area contributed by atoms with Gasteiger partial charge in [0.25, 0.3) is 0 Å². The number of benzene rings is 1. The fourth-order valence-electron chi connectivity index (χ4n) is 2.78. The molecule has 2 rings (SSSR count). The van der Waals surface area contributed by atoms with Crippen LogP contribution in [0, 0.1) is 5.82 Å². The van der Waals surface area contributed by atoms with Crippen molar-refractivity contribution in [3.63, 3.8) is 0 Å². The van der Waals surface area contributed by atoms with E-state index in [-0.39, 0.29) is 30.9 Å². The Bertz CT molecular complexity index is 477. The van der Waals surface area contributed by atoms with Gasteiger partial charge >= 0.3 is 6.18 Å². The van der Waals surface area contributed by atoms with E-state index in [1.807, 2.05) is 6.92 Å². The van der Waals surface area contributed by atoms with Crippen LogP contribution in [0.25, 0.3) is 0 Å². The Hall–Kier alpha value is -0.560. The van der Waals surface area contributed by atoms with Crippen LogP contribution in [0.5, 0.6) is 0 Å². The van der Waals surface area contributed by atoms with Crippen LogP contribution in [0.3, 0.4) is 0 Å². The molecule has 1 N–H and O–H groups in total. The first-order chi connectivity index (χ1) is 9.93. The number of alkyl halides is 3. The molecule has 1 aromatic carbocycles. The first-order valence-corrected chi connectivity index (χ1v) is 7.25. The topological polar surface area (TPSA) is 15.3 Å². The summed E-state index contributed by atoms with van der Waals surface area (Å²) in [5.41, 5.74) is -0.564. The molecule has 0 amide bonds. The summed E-state index contributed by atoms with van der Waals surface area (Å²) in [5.74, 6) is -0.762. The van der Waals surface area contributed by atoms with Crippen LogP contribution in [0.1, 0.15) is 36.9 Å². The maximum absolute atomic E-state index is 14.2. The van der Waals surface area contributed by atoms with Crippen molar-refractivity contribution in [2.75, 3.05) is 26.2 Å². The second-order valence-corrected chi connectivity index (χ2v) is 5.32. The van der Waals surface area contributed by atoms with Gasteiger partial charge in [0.15, 0.2) is 0 Å². The van der Waals surface area contributed by atoms with E-state index < -0.39 is 17.6 Å². The quantitative estimate of drug-likeness (QED) is 0.781. The van der Waals surface area contributed by atoms with Crippen molar-refractivity contribution in [1.29, 1.82) is 0 Å². The van der Waals surface area contributed by atoms with Crippen molar-refractivity contribution in [3.05, 3.63) is 35.1 Å². The Labute approximate surface area is 146 Å². The smallest absolute Gasteiger partial charge is 0.314 e. The van der Waals surface area contributed by atoms with Gasteiger partial charge in [0.1, 0.15) is 5.82 Å². The van der Waals surface area contributed by atoms with Gasteiger partial charge < -0.3 is 5.32 Å². The van der Waals surface area contributed by atoms with Crippen molar-refractivity contribution in [2.24, 2.45) is 0 Å². The molecule has 0 bridgehead atoms. The number of halogens is 6. The predicted octanol–water partition coefficient (Wildman–Crippen LogP) is 4.43. The fraction of sp³-hybridized carbons (Fsp3) is 0.600. The minimum atomic E-state index is -4.51. The third-order valence-corrected chi connectivity index (χ3v) is 3.84. The van der Waals surface area contributed by atoms with Crippen LogP contribution >= 0.6 is 24.8 Å². The molecule has 1 saturated heterocycles. The first-order valence-electron chi connectivity index (χ1n) is 7.25. The molecule has 1 atom stereocenters. The minimum Gasteiger partial charge on any atom is -0.314 e. The van der Waals surface area contributed by atoms with Gasteiger partial charge in [-0.3, -0.25) is 4.90 Å². The fourth-order valence-corrected chi connectivity index (χ4v) is 2.78. The lowest BCUT2D eigenvalue weighted by Gasteiger charge is -2.35. The third kappa shape index (κ3) is 5.78. The molecule has 2 nitrogen and oxygen atoms in total. The molecule has 1 aliphatic rings. The summed E-state index contributed by atoms with van der Waals surface area (Å²) >= 11 is 0. The van der Waals surface area contributed by atoms with Gasteiger partial charge in [-0.15, -0.1) is 24.8 Å². The number of nitrogens with zero attached hydrogens (tertiary/aromatic N) is 1. The molecule has 1 aromatic rings. The van der Waals surface area contributed by atoms with E-state index in [4.69, 9.17) is 0 Å². The predicted molar refractivity (Wildman–Crippen MR) is 88.0 cm³/mol. The lowest BCUT2D eigenvalue weighted by atomic mass is 9.98. The van der Waals surface area contributed by atoms with E-state index in [9.17, 15) is 17.6 Å². The highest BCUT2D eigenvalue weighted by Gasteiger charge is 2.32. The van der Waals surface area contributed by atoms with Gasteiger partial charge in [0.2, 0.25) is 0 Å². The Morgan fingerprint density at radius 3 is 2.26 bits per heavy atom. The van der Waals surface area contributed by atoms with Gasteiger partial charge in [-0.2, -0.15) is 13.2 Å². The zero-order chi connectivity index (χ0) is 15.5. The standard InChI is InChI=1S/C15H20F4N2.2ClH/c1-2-3-14(21-8-6-20-7-9-21)12-5-4-11(10-13(12)16)15(17,18)19;;/h4-5,10,14,20H,2-3,6-9H2,1H3;2*1H/t14-;;/m0../s1. The third-order valence-electron chi connectivity index (χ3n) is 3.84. The molecule has 1 aliphatic heterocycles. The normalized spacial score (nSPS) is 17.1. The SMILES string of the molecule is CCC[C@@H](c1ccc(C(F)(F)F)cc1F)N1CCNCC1.Cl.Cl. The molecule has 23 heavy (non-hydrogen) atoms. The molecule has 0 spiro atoms. The van der Waals surface area contributed by atoms with E-state index in [0.29, 0.717) is 11.6 Å². The van der Waals surface area contributed by atoms with E-state index >= 15 is 0 Å². The largest absolute Gasteiger partial charge is 0.416 e. The van der Waals surface area contributed by atoms with Gasteiger partial charge in [-0.1, -0.05) is 19.4 Å². The van der Waals surface area contributed by atoms with Crippen LogP contribution in [0.15, 0.2) is 18.2 Å². The molecule has 0 unspecified atom stereocenters. The lowest BCUT2D eigenvalue weighted by Crippen LogP contribution is -2.45. The molecule has 0 aromatic heterocycles. The summed E-state index contributed by atoms with van der Waals surface area (Å²) in [6, 6.07) is 2.73. The molecule has 134 valence electrons. The van der Waals surface area contributed by atoms with Crippen molar-refractivity contribution in [2.45, 2.75) is 32.0 Å². The average Bonchev–Trinajstić information content (AvgIpc) is 2.45. The van der Waals surface area contributed by atoms with E-state index in [1.54, 1.807) is 0 Å². The summed E-state index contributed by atoms with van der Waals surface area (Å²) in [6.07, 6.45) is -2.91. The second kappa shape index (κ2) is 9.67. The summed E-state index contributed by atoms with van der Waals surface area (Å²) < 4.78 is 52.0. The first kappa shape index (κ1) is 22.4. The summed E-state index contributed by atoms with van der Waals surface area (Å²) in [7, 11) is 0. The van der Waals surface area contributed by atoms with Gasteiger partial charge in [0, 0.05) is 37.8 Å².